The molecular formula is C13H14N4O. The van der Waals surface area contributed by atoms with Gasteiger partial charge in [-0.05, 0) is 24.6 Å². The Hall–Kier alpha value is -2.14. The van der Waals surface area contributed by atoms with Gasteiger partial charge in [0.15, 0.2) is 0 Å². The van der Waals surface area contributed by atoms with Crippen LogP contribution in [-0.2, 0) is 4.79 Å². The number of aromatic nitrogens is 2. The smallest absolute Gasteiger partial charge is 0.253 e. The second-order valence-electron chi connectivity index (χ2n) is 4.39. The molecule has 5 heteroatoms. The van der Waals surface area contributed by atoms with Crippen molar-refractivity contribution in [2.75, 3.05) is 18.4 Å². The van der Waals surface area contributed by atoms with Crippen LogP contribution in [0.15, 0.2) is 35.4 Å². The molecule has 18 heavy (non-hydrogen) atoms. The van der Waals surface area contributed by atoms with Crippen molar-refractivity contribution < 1.29 is 4.79 Å². The second-order valence-corrected chi connectivity index (χ2v) is 4.39. The van der Waals surface area contributed by atoms with Crippen LogP contribution in [0.4, 0.5) is 5.95 Å². The van der Waals surface area contributed by atoms with Gasteiger partial charge in [0.05, 0.1) is 11.0 Å². The minimum atomic E-state index is -0.0921. The van der Waals surface area contributed by atoms with Crippen LogP contribution in [0.3, 0.4) is 0 Å². The van der Waals surface area contributed by atoms with Gasteiger partial charge in [0.25, 0.3) is 5.91 Å². The van der Waals surface area contributed by atoms with Crippen molar-refractivity contribution in [1.82, 2.24) is 15.3 Å². The molecule has 1 aliphatic heterocycles. The summed E-state index contributed by atoms with van der Waals surface area (Å²) in [5.41, 5.74) is 3.70. The Kier molecular flexibility index (Phi) is 2.60. The third kappa shape index (κ3) is 1.89. The van der Waals surface area contributed by atoms with Crippen LogP contribution in [0.25, 0.3) is 11.0 Å². The molecule has 0 bridgehead atoms. The van der Waals surface area contributed by atoms with E-state index < -0.39 is 0 Å². The van der Waals surface area contributed by atoms with Gasteiger partial charge >= 0.3 is 0 Å². The Balaban J connectivity index is 1.81. The van der Waals surface area contributed by atoms with E-state index in [2.05, 4.69) is 20.6 Å². The maximum atomic E-state index is 12.0. The molecule has 1 aliphatic rings. The molecule has 1 aromatic heterocycles. The van der Waals surface area contributed by atoms with E-state index in [0.29, 0.717) is 5.95 Å². The fourth-order valence-electron chi connectivity index (χ4n) is 1.89. The van der Waals surface area contributed by atoms with Gasteiger partial charge in [0, 0.05) is 18.7 Å². The van der Waals surface area contributed by atoms with Crippen LogP contribution in [0.5, 0.6) is 0 Å². The molecule has 0 unspecified atom stereocenters. The lowest BCUT2D eigenvalue weighted by Gasteiger charge is -2.21. The number of hydrogen-bond donors (Lipinski definition) is 3. The molecule has 92 valence electrons. The maximum absolute atomic E-state index is 12.0. The Morgan fingerprint density at radius 3 is 2.78 bits per heavy atom. The van der Waals surface area contributed by atoms with Crippen LogP contribution in [0.2, 0.25) is 0 Å². The number of carbonyl (C=O) groups excluding carboxylic acids is 1. The number of para-hydroxylation sites is 2. The van der Waals surface area contributed by atoms with Crippen LogP contribution in [0.1, 0.15) is 6.92 Å². The molecule has 0 spiro atoms. The number of hydrogen-bond acceptors (Lipinski definition) is 3. The van der Waals surface area contributed by atoms with Gasteiger partial charge in [-0.15, -0.1) is 0 Å². The number of amides is 1. The Labute approximate surface area is 104 Å². The lowest BCUT2D eigenvalue weighted by molar-refractivity contribution is -0.112. The van der Waals surface area contributed by atoms with E-state index in [1.165, 1.54) is 0 Å². The van der Waals surface area contributed by atoms with Gasteiger partial charge in [-0.3, -0.25) is 10.1 Å². The lowest BCUT2D eigenvalue weighted by atomic mass is 10.0. The summed E-state index contributed by atoms with van der Waals surface area (Å²) in [7, 11) is 0. The lowest BCUT2D eigenvalue weighted by Crippen LogP contribution is -2.36. The number of anilines is 1. The van der Waals surface area contributed by atoms with Crippen LogP contribution < -0.4 is 10.6 Å². The third-order valence-corrected chi connectivity index (χ3v) is 3.17. The largest absolute Gasteiger partial charge is 0.324 e. The first kappa shape index (κ1) is 11.0. The summed E-state index contributed by atoms with van der Waals surface area (Å²) in [6, 6.07) is 7.68. The molecule has 0 atom stereocenters. The molecular weight excluding hydrogens is 228 g/mol. The highest BCUT2D eigenvalue weighted by Crippen LogP contribution is 2.15. The number of nitrogens with zero attached hydrogens (tertiary/aromatic N) is 1. The zero-order chi connectivity index (χ0) is 12.5. The number of aromatic amines is 1. The maximum Gasteiger partial charge on any atom is 0.253 e. The number of carbonyl (C=O) groups is 1. The van der Waals surface area contributed by atoms with Gasteiger partial charge in [-0.25, -0.2) is 4.98 Å². The van der Waals surface area contributed by atoms with Crippen molar-refractivity contribution in [2.24, 2.45) is 0 Å². The van der Waals surface area contributed by atoms with Gasteiger partial charge in [-0.1, -0.05) is 12.1 Å². The molecule has 1 fully saturated rings. The summed E-state index contributed by atoms with van der Waals surface area (Å²) in [5.74, 6) is 0.402. The van der Waals surface area contributed by atoms with Crippen LogP contribution >= 0.6 is 0 Å². The average molecular weight is 242 g/mol. The predicted molar refractivity (Wildman–Crippen MR) is 70.3 cm³/mol. The number of H-pyrrole nitrogens is 1. The van der Waals surface area contributed by atoms with E-state index in [9.17, 15) is 4.79 Å². The molecule has 1 amide bonds. The highest BCUT2D eigenvalue weighted by Gasteiger charge is 2.16. The van der Waals surface area contributed by atoms with Crippen molar-refractivity contribution in [3.05, 3.63) is 35.4 Å². The van der Waals surface area contributed by atoms with Crippen LogP contribution in [0, 0.1) is 0 Å². The van der Waals surface area contributed by atoms with E-state index >= 15 is 0 Å². The zero-order valence-corrected chi connectivity index (χ0v) is 10.1. The predicted octanol–water partition coefficient (Wildman–Crippen LogP) is 1.42. The number of benzene rings is 1. The summed E-state index contributed by atoms with van der Waals surface area (Å²) in [4.78, 5) is 19.4. The summed E-state index contributed by atoms with van der Waals surface area (Å²) < 4.78 is 0. The Morgan fingerprint density at radius 2 is 2.11 bits per heavy atom. The molecule has 3 N–H and O–H groups in total. The first-order valence-electron chi connectivity index (χ1n) is 5.89. The van der Waals surface area contributed by atoms with E-state index in [0.717, 1.165) is 35.3 Å². The van der Waals surface area contributed by atoms with E-state index in [1.54, 1.807) is 0 Å². The summed E-state index contributed by atoms with van der Waals surface area (Å²) in [5, 5.41) is 5.91. The average Bonchev–Trinajstić information content (AvgIpc) is 2.68. The highest BCUT2D eigenvalue weighted by molar-refractivity contribution is 6.03. The first-order valence-corrected chi connectivity index (χ1v) is 5.89. The van der Waals surface area contributed by atoms with Crippen molar-refractivity contribution in [3.63, 3.8) is 0 Å². The number of imidazole rings is 1. The second kappa shape index (κ2) is 4.27. The molecule has 2 heterocycles. The van der Waals surface area contributed by atoms with Crippen LogP contribution in [-0.4, -0.2) is 29.0 Å². The summed E-state index contributed by atoms with van der Waals surface area (Å²) in [6.45, 7) is 3.45. The fraction of sp³-hybridized carbons (Fsp3) is 0.231. The quantitative estimate of drug-likeness (QED) is 0.697. The minimum Gasteiger partial charge on any atom is -0.324 e. The standard InChI is InChI=1S/C13H14N4O/c1-8(9-6-14-7-9)12(18)17-13-15-10-4-2-3-5-11(10)16-13/h2-5,14H,6-7H2,1H3,(H2,15,16,17,18). The molecule has 3 rings (SSSR count). The molecule has 2 aromatic rings. The van der Waals surface area contributed by atoms with Gasteiger partial charge < -0.3 is 10.3 Å². The number of rotatable bonds is 2. The Morgan fingerprint density at radius 1 is 1.33 bits per heavy atom. The minimum absolute atomic E-state index is 0.0921. The molecule has 0 aliphatic carbocycles. The zero-order valence-electron chi connectivity index (χ0n) is 10.1. The number of fused-ring (bicyclic) bond motifs is 1. The SMILES string of the molecule is CC(C(=O)Nc1nc2ccccc2[nH]1)=C1CNC1. The van der Waals surface area contributed by atoms with Gasteiger partial charge in [-0.2, -0.15) is 0 Å². The first-order chi connectivity index (χ1) is 8.74. The monoisotopic (exact) mass is 242 g/mol. The molecule has 0 saturated carbocycles. The summed E-state index contributed by atoms with van der Waals surface area (Å²) in [6.07, 6.45) is 0. The van der Waals surface area contributed by atoms with Crippen molar-refractivity contribution in [2.45, 2.75) is 6.92 Å². The van der Waals surface area contributed by atoms with E-state index in [4.69, 9.17) is 0 Å². The van der Waals surface area contributed by atoms with Gasteiger partial charge in [0.2, 0.25) is 5.95 Å². The van der Waals surface area contributed by atoms with Crippen molar-refractivity contribution in [3.8, 4) is 0 Å². The number of nitrogens with one attached hydrogen (secondary N) is 3. The fourth-order valence-corrected chi connectivity index (χ4v) is 1.89. The third-order valence-electron chi connectivity index (χ3n) is 3.17. The Bertz CT molecular complexity index is 602. The summed E-state index contributed by atoms with van der Waals surface area (Å²) >= 11 is 0. The molecule has 1 saturated heterocycles. The molecule has 0 radical (unpaired) electrons. The van der Waals surface area contributed by atoms with E-state index in [1.807, 2.05) is 31.2 Å². The van der Waals surface area contributed by atoms with Crippen molar-refractivity contribution in [1.29, 1.82) is 0 Å². The molecule has 5 nitrogen and oxygen atoms in total. The normalized spacial score (nSPS) is 14.4. The molecule has 1 aromatic carbocycles. The topological polar surface area (TPSA) is 69.8 Å². The van der Waals surface area contributed by atoms with Gasteiger partial charge in [0.1, 0.15) is 0 Å². The van der Waals surface area contributed by atoms with E-state index in [-0.39, 0.29) is 5.91 Å². The highest BCUT2D eigenvalue weighted by atomic mass is 16.1. The van der Waals surface area contributed by atoms with Crippen molar-refractivity contribution >= 4 is 22.9 Å².